The maximum Gasteiger partial charge on any atom is 0.225 e. The highest BCUT2D eigenvalue weighted by Crippen LogP contribution is 2.31. The first kappa shape index (κ1) is 18.7. The highest BCUT2D eigenvalue weighted by atomic mass is 35.5. The molecule has 1 amide bonds. The van der Waals surface area contributed by atoms with Crippen LogP contribution in [0.5, 0.6) is 5.88 Å². The van der Waals surface area contributed by atoms with Crippen molar-refractivity contribution in [1.82, 2.24) is 15.0 Å². The minimum atomic E-state index is -0.514. The monoisotopic (exact) mass is 386 g/mol. The van der Waals surface area contributed by atoms with E-state index in [4.69, 9.17) is 22.1 Å². The number of primary amides is 1. The average Bonchev–Trinajstić information content (AvgIpc) is 2.65. The highest BCUT2D eigenvalue weighted by molar-refractivity contribution is 6.30. The van der Waals surface area contributed by atoms with Crippen LogP contribution in [-0.2, 0) is 17.6 Å². The number of carbonyl (C=O) groups is 1. The zero-order valence-corrected chi connectivity index (χ0v) is 15.2. The molecule has 27 heavy (non-hydrogen) atoms. The molecule has 0 saturated heterocycles. The van der Waals surface area contributed by atoms with E-state index in [-0.39, 0.29) is 11.4 Å². The molecule has 2 N–H and O–H groups in total. The SMILES string of the molecule is COc1ncc(Cc2cnc(CC(N)=O)nc2)cc1-c1ccc(Cl)c(F)c1. The molecule has 1 aromatic carbocycles. The largest absolute Gasteiger partial charge is 0.481 e. The summed E-state index contributed by atoms with van der Waals surface area (Å²) in [4.78, 5) is 23.5. The van der Waals surface area contributed by atoms with Crippen LogP contribution in [0.15, 0.2) is 42.9 Å². The molecular weight excluding hydrogens is 371 g/mol. The number of nitrogens with two attached hydrogens (primary N) is 1. The maximum atomic E-state index is 13.8. The van der Waals surface area contributed by atoms with E-state index >= 15 is 0 Å². The minimum absolute atomic E-state index is 0.00332. The summed E-state index contributed by atoms with van der Waals surface area (Å²) < 4.78 is 19.1. The predicted molar refractivity (Wildman–Crippen MR) is 98.9 cm³/mol. The van der Waals surface area contributed by atoms with Crippen LogP contribution in [-0.4, -0.2) is 28.0 Å². The van der Waals surface area contributed by atoms with Crippen molar-refractivity contribution >= 4 is 17.5 Å². The van der Waals surface area contributed by atoms with Gasteiger partial charge in [0, 0.05) is 30.6 Å². The van der Waals surface area contributed by atoms with Crippen LogP contribution in [0.3, 0.4) is 0 Å². The average molecular weight is 387 g/mol. The summed E-state index contributed by atoms with van der Waals surface area (Å²) in [5, 5.41) is 0.0510. The number of methoxy groups -OCH3 is 1. The van der Waals surface area contributed by atoms with E-state index < -0.39 is 11.7 Å². The van der Waals surface area contributed by atoms with Gasteiger partial charge < -0.3 is 10.5 Å². The first-order valence-electron chi connectivity index (χ1n) is 8.02. The van der Waals surface area contributed by atoms with E-state index in [9.17, 15) is 9.18 Å². The summed E-state index contributed by atoms with van der Waals surface area (Å²) in [6.07, 6.45) is 5.45. The second-order valence-corrected chi connectivity index (χ2v) is 6.26. The molecule has 0 radical (unpaired) electrons. The molecule has 8 heteroatoms. The lowest BCUT2D eigenvalue weighted by molar-refractivity contribution is -0.117. The van der Waals surface area contributed by atoms with Gasteiger partial charge in [0.2, 0.25) is 11.8 Å². The van der Waals surface area contributed by atoms with Crippen molar-refractivity contribution < 1.29 is 13.9 Å². The summed E-state index contributed by atoms with van der Waals surface area (Å²) in [5.74, 6) is -0.244. The van der Waals surface area contributed by atoms with Crippen LogP contribution in [0.25, 0.3) is 11.1 Å². The number of aromatic nitrogens is 3. The molecule has 0 aliphatic carbocycles. The van der Waals surface area contributed by atoms with E-state index in [1.807, 2.05) is 6.07 Å². The Morgan fingerprint density at radius 3 is 2.48 bits per heavy atom. The standard InChI is InChI=1S/C19H16ClFN4O2/c1-27-19-14(13-2-3-15(20)16(21)6-13)5-11(8-25-19)4-12-9-23-18(24-10-12)7-17(22)26/h2-3,5-6,8-10H,4,7H2,1H3,(H2,22,26). The van der Waals surface area contributed by atoms with Crippen LogP contribution in [0, 0.1) is 5.82 Å². The second-order valence-electron chi connectivity index (χ2n) is 5.86. The number of benzene rings is 1. The van der Waals surface area contributed by atoms with Gasteiger partial charge in [0.1, 0.15) is 11.6 Å². The van der Waals surface area contributed by atoms with E-state index in [1.165, 1.54) is 19.2 Å². The maximum absolute atomic E-state index is 13.8. The third kappa shape index (κ3) is 4.57. The van der Waals surface area contributed by atoms with E-state index in [2.05, 4.69) is 15.0 Å². The summed E-state index contributed by atoms with van der Waals surface area (Å²) in [7, 11) is 1.50. The quantitative estimate of drug-likeness (QED) is 0.703. The molecular formula is C19H16ClFN4O2. The van der Waals surface area contributed by atoms with E-state index in [0.29, 0.717) is 29.3 Å². The second kappa shape index (κ2) is 8.09. The molecule has 2 heterocycles. The number of carbonyl (C=O) groups excluding carboxylic acids is 1. The Balaban J connectivity index is 1.88. The van der Waals surface area contributed by atoms with Gasteiger partial charge in [0.25, 0.3) is 0 Å². The molecule has 0 fully saturated rings. The first-order valence-corrected chi connectivity index (χ1v) is 8.40. The third-order valence-electron chi connectivity index (χ3n) is 3.83. The van der Waals surface area contributed by atoms with Crippen LogP contribution in [0.2, 0.25) is 5.02 Å². The minimum Gasteiger partial charge on any atom is -0.481 e. The Morgan fingerprint density at radius 1 is 1.15 bits per heavy atom. The Bertz CT molecular complexity index is 980. The topological polar surface area (TPSA) is 91.0 Å². The highest BCUT2D eigenvalue weighted by Gasteiger charge is 2.12. The summed E-state index contributed by atoms with van der Waals surface area (Å²) in [6.45, 7) is 0. The van der Waals surface area contributed by atoms with Gasteiger partial charge in [-0.2, -0.15) is 0 Å². The van der Waals surface area contributed by atoms with Gasteiger partial charge in [0.15, 0.2) is 0 Å². The van der Waals surface area contributed by atoms with Crippen LogP contribution in [0.4, 0.5) is 4.39 Å². The van der Waals surface area contributed by atoms with Crippen molar-refractivity contribution in [2.75, 3.05) is 7.11 Å². The van der Waals surface area contributed by atoms with Crippen LogP contribution < -0.4 is 10.5 Å². The summed E-state index contributed by atoms with van der Waals surface area (Å²) in [6, 6.07) is 6.40. The lowest BCUT2D eigenvalue weighted by Gasteiger charge is -2.11. The van der Waals surface area contributed by atoms with Crippen LogP contribution in [0.1, 0.15) is 17.0 Å². The molecule has 0 aliphatic heterocycles. The molecule has 3 rings (SSSR count). The Kier molecular flexibility index (Phi) is 5.61. The smallest absolute Gasteiger partial charge is 0.225 e. The fourth-order valence-corrected chi connectivity index (χ4v) is 2.70. The number of nitrogens with zero attached hydrogens (tertiary/aromatic N) is 3. The molecule has 3 aromatic rings. The molecule has 0 aliphatic rings. The zero-order chi connectivity index (χ0) is 19.4. The van der Waals surface area contributed by atoms with Crippen molar-refractivity contribution in [3.63, 3.8) is 0 Å². The number of rotatable bonds is 6. The Hall–Kier alpha value is -3.06. The Labute approximate surface area is 160 Å². The van der Waals surface area contributed by atoms with E-state index in [1.54, 1.807) is 24.7 Å². The zero-order valence-electron chi connectivity index (χ0n) is 14.4. The number of ether oxygens (including phenoxy) is 1. The van der Waals surface area contributed by atoms with E-state index in [0.717, 1.165) is 11.1 Å². The van der Waals surface area contributed by atoms with Gasteiger partial charge in [-0.3, -0.25) is 4.79 Å². The first-order chi connectivity index (χ1) is 13.0. The lowest BCUT2D eigenvalue weighted by atomic mass is 10.0. The van der Waals surface area contributed by atoms with Gasteiger partial charge in [-0.1, -0.05) is 17.7 Å². The molecule has 0 spiro atoms. The molecule has 0 saturated carbocycles. The molecule has 0 unspecified atom stereocenters. The fraction of sp³-hybridized carbons (Fsp3) is 0.158. The van der Waals surface area contributed by atoms with Gasteiger partial charge in [-0.15, -0.1) is 0 Å². The van der Waals surface area contributed by atoms with Crippen molar-refractivity contribution in [1.29, 1.82) is 0 Å². The van der Waals surface area contributed by atoms with Crippen molar-refractivity contribution in [2.45, 2.75) is 12.8 Å². The molecule has 6 nitrogen and oxygen atoms in total. The van der Waals surface area contributed by atoms with Gasteiger partial charge in [-0.25, -0.2) is 19.3 Å². The molecule has 2 aromatic heterocycles. The van der Waals surface area contributed by atoms with Gasteiger partial charge in [0.05, 0.1) is 18.6 Å². The van der Waals surface area contributed by atoms with Crippen molar-refractivity contribution in [2.24, 2.45) is 5.73 Å². The number of pyridine rings is 1. The fourth-order valence-electron chi connectivity index (χ4n) is 2.58. The van der Waals surface area contributed by atoms with Gasteiger partial charge >= 0.3 is 0 Å². The number of hydrogen-bond donors (Lipinski definition) is 1. The van der Waals surface area contributed by atoms with Crippen molar-refractivity contribution in [3.05, 3.63) is 70.6 Å². The summed E-state index contributed by atoms with van der Waals surface area (Å²) in [5.41, 5.74) is 8.09. The number of halogens is 2. The summed E-state index contributed by atoms with van der Waals surface area (Å²) >= 11 is 5.76. The Morgan fingerprint density at radius 2 is 1.85 bits per heavy atom. The number of amides is 1. The molecule has 138 valence electrons. The third-order valence-corrected chi connectivity index (χ3v) is 4.14. The predicted octanol–water partition coefficient (Wildman–Crippen LogP) is 2.96. The normalized spacial score (nSPS) is 10.6. The lowest BCUT2D eigenvalue weighted by Crippen LogP contribution is -2.15. The molecule has 0 atom stereocenters. The number of hydrogen-bond acceptors (Lipinski definition) is 5. The molecule has 0 bridgehead atoms. The van der Waals surface area contributed by atoms with Gasteiger partial charge in [-0.05, 0) is 34.9 Å². The van der Waals surface area contributed by atoms with Crippen LogP contribution >= 0.6 is 11.6 Å². The van der Waals surface area contributed by atoms with Crippen molar-refractivity contribution in [3.8, 4) is 17.0 Å².